The molecule has 0 bridgehead atoms. The Morgan fingerprint density at radius 3 is 2.62 bits per heavy atom. The molecule has 0 spiro atoms. The lowest BCUT2D eigenvalue weighted by molar-refractivity contribution is 0.372. The Morgan fingerprint density at radius 2 is 2.12 bits per heavy atom. The smallest absolute Gasteiger partial charge is 0.176 e. The van der Waals surface area contributed by atoms with Crippen molar-refractivity contribution in [2.45, 2.75) is 25.8 Å². The zero-order valence-corrected chi connectivity index (χ0v) is 10.9. The first-order valence-corrected chi connectivity index (χ1v) is 5.29. The summed E-state index contributed by atoms with van der Waals surface area (Å²) < 4.78 is 5.00. The quantitative estimate of drug-likeness (QED) is 0.879. The largest absolute Gasteiger partial charge is 0.503 e. The summed E-state index contributed by atoms with van der Waals surface area (Å²) in [6.07, 6.45) is 1.88. The number of phenolic OH excluding ortho intramolecular Hbond substituents is 1. The maximum atomic E-state index is 9.54. The van der Waals surface area contributed by atoms with E-state index in [1.165, 1.54) is 7.11 Å². The van der Waals surface area contributed by atoms with Crippen molar-refractivity contribution in [3.05, 3.63) is 22.7 Å². The second-order valence-electron chi connectivity index (χ2n) is 3.45. The Labute approximate surface area is 107 Å². The molecule has 0 aliphatic carbocycles. The van der Waals surface area contributed by atoms with Gasteiger partial charge in [-0.15, -0.1) is 12.4 Å². The van der Waals surface area contributed by atoms with Gasteiger partial charge in [0.25, 0.3) is 0 Å². The summed E-state index contributed by atoms with van der Waals surface area (Å²) in [5.41, 5.74) is 6.84. The van der Waals surface area contributed by atoms with Gasteiger partial charge in [-0.2, -0.15) is 0 Å². The van der Waals surface area contributed by atoms with Crippen LogP contribution in [0.1, 0.15) is 31.4 Å². The van der Waals surface area contributed by atoms with E-state index in [0.29, 0.717) is 5.75 Å². The molecule has 0 fully saturated rings. The van der Waals surface area contributed by atoms with E-state index in [1.807, 2.05) is 0 Å². The van der Waals surface area contributed by atoms with Gasteiger partial charge >= 0.3 is 0 Å². The van der Waals surface area contributed by atoms with E-state index in [2.05, 4.69) is 6.92 Å². The van der Waals surface area contributed by atoms with Crippen molar-refractivity contribution >= 4 is 24.0 Å². The molecule has 3 nitrogen and oxygen atoms in total. The second kappa shape index (κ2) is 6.84. The van der Waals surface area contributed by atoms with Gasteiger partial charge in [-0.3, -0.25) is 0 Å². The number of hydrogen-bond acceptors (Lipinski definition) is 3. The van der Waals surface area contributed by atoms with Crippen molar-refractivity contribution in [2.24, 2.45) is 5.73 Å². The first-order valence-electron chi connectivity index (χ1n) is 4.92. The van der Waals surface area contributed by atoms with Gasteiger partial charge in [0, 0.05) is 6.04 Å². The summed E-state index contributed by atoms with van der Waals surface area (Å²) in [5.74, 6) is 0.329. The highest BCUT2D eigenvalue weighted by atomic mass is 35.5. The molecule has 0 heterocycles. The summed E-state index contributed by atoms with van der Waals surface area (Å²) in [6.45, 7) is 2.07. The van der Waals surface area contributed by atoms with Gasteiger partial charge in [0.15, 0.2) is 11.5 Å². The summed E-state index contributed by atoms with van der Waals surface area (Å²) in [4.78, 5) is 0. The van der Waals surface area contributed by atoms with Gasteiger partial charge in [-0.05, 0) is 24.1 Å². The molecule has 3 N–H and O–H groups in total. The third kappa shape index (κ3) is 3.44. The first kappa shape index (κ1) is 15.4. The zero-order chi connectivity index (χ0) is 11.4. The average molecular weight is 266 g/mol. The normalized spacial score (nSPS) is 11.8. The topological polar surface area (TPSA) is 55.5 Å². The standard InChI is InChI=1S/C11H16ClNO2.ClH/c1-3-4-9(13)7-5-8(12)11(14)10(6-7)15-2;/h5-6,9,14H,3-4,13H2,1-2H3;1H/t9-;/m0./s1. The van der Waals surface area contributed by atoms with Crippen LogP contribution < -0.4 is 10.5 Å². The van der Waals surface area contributed by atoms with Gasteiger partial charge in [0.1, 0.15) is 0 Å². The molecule has 0 unspecified atom stereocenters. The highest BCUT2D eigenvalue weighted by Gasteiger charge is 2.12. The number of halogens is 2. The molecule has 0 radical (unpaired) electrons. The fraction of sp³-hybridized carbons (Fsp3) is 0.455. The minimum Gasteiger partial charge on any atom is -0.503 e. The molecule has 1 atom stereocenters. The maximum Gasteiger partial charge on any atom is 0.176 e. The highest BCUT2D eigenvalue weighted by Crippen LogP contribution is 2.36. The summed E-state index contributed by atoms with van der Waals surface area (Å²) in [6, 6.07) is 3.34. The number of hydrogen-bond donors (Lipinski definition) is 2. The van der Waals surface area contributed by atoms with Crippen LogP contribution in [0.3, 0.4) is 0 Å². The lowest BCUT2D eigenvalue weighted by Gasteiger charge is -2.13. The average Bonchev–Trinajstić information content (AvgIpc) is 2.22. The number of nitrogens with two attached hydrogens (primary N) is 1. The van der Waals surface area contributed by atoms with E-state index >= 15 is 0 Å². The van der Waals surface area contributed by atoms with Crippen molar-refractivity contribution in [2.75, 3.05) is 7.11 Å². The molecule has 1 rings (SSSR count). The van der Waals surface area contributed by atoms with Crippen LogP contribution in [0.2, 0.25) is 5.02 Å². The Hall–Kier alpha value is -0.640. The van der Waals surface area contributed by atoms with Gasteiger partial charge in [0.05, 0.1) is 12.1 Å². The SMILES string of the molecule is CCC[C@H](N)c1cc(Cl)c(O)c(OC)c1.Cl. The lowest BCUT2D eigenvalue weighted by atomic mass is 10.0. The monoisotopic (exact) mass is 265 g/mol. The van der Waals surface area contributed by atoms with E-state index in [9.17, 15) is 5.11 Å². The van der Waals surface area contributed by atoms with Crippen molar-refractivity contribution in [1.82, 2.24) is 0 Å². The van der Waals surface area contributed by atoms with E-state index < -0.39 is 0 Å². The number of phenols is 1. The van der Waals surface area contributed by atoms with Crippen LogP contribution in [0.4, 0.5) is 0 Å². The van der Waals surface area contributed by atoms with Crippen LogP contribution in [-0.4, -0.2) is 12.2 Å². The fourth-order valence-corrected chi connectivity index (χ4v) is 1.66. The fourth-order valence-electron chi connectivity index (χ4n) is 1.44. The molecule has 0 aliphatic heterocycles. The molecule has 1 aromatic rings. The van der Waals surface area contributed by atoms with E-state index in [-0.39, 0.29) is 29.2 Å². The molecule has 92 valence electrons. The van der Waals surface area contributed by atoms with Crippen molar-refractivity contribution in [1.29, 1.82) is 0 Å². The number of ether oxygens (including phenoxy) is 1. The molecule has 5 heteroatoms. The molecule has 0 amide bonds. The number of rotatable bonds is 4. The zero-order valence-electron chi connectivity index (χ0n) is 9.37. The highest BCUT2D eigenvalue weighted by molar-refractivity contribution is 6.32. The van der Waals surface area contributed by atoms with Crippen LogP contribution in [-0.2, 0) is 0 Å². The predicted octanol–water partition coefficient (Wildman–Crippen LogP) is 3.28. The van der Waals surface area contributed by atoms with Gasteiger partial charge in [0.2, 0.25) is 0 Å². The van der Waals surface area contributed by atoms with E-state index in [0.717, 1.165) is 18.4 Å². The van der Waals surface area contributed by atoms with Crippen LogP contribution in [0.15, 0.2) is 12.1 Å². The Balaban J connectivity index is 0.00000225. The maximum absolute atomic E-state index is 9.54. The van der Waals surface area contributed by atoms with Crippen molar-refractivity contribution in [3.63, 3.8) is 0 Å². The molecular formula is C11H17Cl2NO2. The third-order valence-corrected chi connectivity index (χ3v) is 2.59. The molecule has 16 heavy (non-hydrogen) atoms. The van der Waals surface area contributed by atoms with Gasteiger partial charge in [-0.1, -0.05) is 24.9 Å². The number of methoxy groups -OCH3 is 1. The van der Waals surface area contributed by atoms with Crippen LogP contribution >= 0.6 is 24.0 Å². The summed E-state index contributed by atoms with van der Waals surface area (Å²) >= 11 is 5.86. The Kier molecular flexibility index (Phi) is 6.56. The molecule has 0 aromatic heterocycles. The number of benzene rings is 1. The summed E-state index contributed by atoms with van der Waals surface area (Å²) in [7, 11) is 1.49. The lowest BCUT2D eigenvalue weighted by Crippen LogP contribution is -2.09. The predicted molar refractivity (Wildman–Crippen MR) is 68.8 cm³/mol. The Bertz CT molecular complexity index is 345. The van der Waals surface area contributed by atoms with Crippen molar-refractivity contribution in [3.8, 4) is 11.5 Å². The van der Waals surface area contributed by atoms with E-state index in [1.54, 1.807) is 12.1 Å². The van der Waals surface area contributed by atoms with Crippen LogP contribution in [0.5, 0.6) is 11.5 Å². The number of aromatic hydroxyl groups is 1. The van der Waals surface area contributed by atoms with Crippen molar-refractivity contribution < 1.29 is 9.84 Å². The molecule has 1 aromatic carbocycles. The van der Waals surface area contributed by atoms with Gasteiger partial charge < -0.3 is 15.6 Å². The van der Waals surface area contributed by atoms with Crippen LogP contribution in [0, 0.1) is 0 Å². The molecule has 0 saturated carbocycles. The molecule has 0 saturated heterocycles. The second-order valence-corrected chi connectivity index (χ2v) is 3.86. The minimum absolute atomic E-state index is 0. The third-order valence-electron chi connectivity index (χ3n) is 2.30. The first-order chi connectivity index (χ1) is 7.10. The molecule has 0 aliphatic rings. The Morgan fingerprint density at radius 1 is 1.50 bits per heavy atom. The van der Waals surface area contributed by atoms with Crippen LogP contribution in [0.25, 0.3) is 0 Å². The summed E-state index contributed by atoms with van der Waals surface area (Å²) in [5, 5.41) is 9.81. The molecular weight excluding hydrogens is 249 g/mol. The van der Waals surface area contributed by atoms with E-state index in [4.69, 9.17) is 22.1 Å². The minimum atomic E-state index is -0.0676. The van der Waals surface area contributed by atoms with Gasteiger partial charge in [-0.25, -0.2) is 0 Å².